The highest BCUT2D eigenvalue weighted by Gasteiger charge is 2.19. The van der Waals surface area contributed by atoms with Crippen molar-refractivity contribution >= 4 is 17.4 Å². The minimum absolute atomic E-state index is 0.121. The fourth-order valence-electron chi connectivity index (χ4n) is 3.39. The number of benzene rings is 1. The Morgan fingerprint density at radius 1 is 1.11 bits per heavy atom. The van der Waals surface area contributed by atoms with Gasteiger partial charge < -0.3 is 14.6 Å². The van der Waals surface area contributed by atoms with Crippen LogP contribution in [0.25, 0.3) is 0 Å². The Kier molecular flexibility index (Phi) is 5.39. The lowest BCUT2D eigenvalue weighted by Crippen LogP contribution is -2.46. The van der Waals surface area contributed by atoms with Crippen LogP contribution in [-0.4, -0.2) is 42.0 Å². The fraction of sp³-hybridized carbons (Fsp3) is 0.273. The second-order valence-corrected chi connectivity index (χ2v) is 7.07. The van der Waals surface area contributed by atoms with Crippen molar-refractivity contribution in [2.75, 3.05) is 36.4 Å². The summed E-state index contributed by atoms with van der Waals surface area (Å²) < 4.78 is 5.43. The first-order chi connectivity index (χ1) is 13.7. The number of aryl methyl sites for hydroxylation is 1. The van der Waals surface area contributed by atoms with Gasteiger partial charge in [-0.3, -0.25) is 9.69 Å². The zero-order chi connectivity index (χ0) is 19.3. The van der Waals surface area contributed by atoms with Crippen molar-refractivity contribution in [3.8, 4) is 0 Å². The summed E-state index contributed by atoms with van der Waals surface area (Å²) in [5, 5.41) is 2.91. The van der Waals surface area contributed by atoms with Crippen LogP contribution in [0, 0.1) is 6.92 Å². The van der Waals surface area contributed by atoms with Crippen molar-refractivity contribution in [2.24, 2.45) is 0 Å². The Hall–Kier alpha value is -3.12. The largest absolute Gasteiger partial charge is 0.468 e. The summed E-state index contributed by atoms with van der Waals surface area (Å²) in [6, 6.07) is 15.4. The molecule has 0 atom stereocenters. The summed E-state index contributed by atoms with van der Waals surface area (Å²) in [6.07, 6.45) is 3.44. The minimum atomic E-state index is -0.121. The molecule has 2 aromatic heterocycles. The SMILES string of the molecule is Cc1cccc(C(=O)Nc2ccc(N3CCN(Cc4ccco4)CC3)nc2)c1. The molecule has 1 aliphatic rings. The average molecular weight is 376 g/mol. The first-order valence-corrected chi connectivity index (χ1v) is 9.51. The quantitative estimate of drug-likeness (QED) is 0.738. The number of rotatable bonds is 5. The topological polar surface area (TPSA) is 61.6 Å². The van der Waals surface area contributed by atoms with Gasteiger partial charge in [0.25, 0.3) is 5.91 Å². The molecule has 144 valence electrons. The molecule has 1 saturated heterocycles. The van der Waals surface area contributed by atoms with Crippen molar-refractivity contribution in [2.45, 2.75) is 13.5 Å². The van der Waals surface area contributed by atoms with Gasteiger partial charge in [-0.2, -0.15) is 0 Å². The molecule has 6 heteroatoms. The lowest BCUT2D eigenvalue weighted by Gasteiger charge is -2.35. The van der Waals surface area contributed by atoms with E-state index in [4.69, 9.17) is 4.42 Å². The van der Waals surface area contributed by atoms with E-state index in [1.54, 1.807) is 12.5 Å². The molecule has 0 bridgehead atoms. The summed E-state index contributed by atoms with van der Waals surface area (Å²) in [7, 11) is 0. The van der Waals surface area contributed by atoms with Gasteiger partial charge in [-0.1, -0.05) is 17.7 Å². The van der Waals surface area contributed by atoms with Gasteiger partial charge in [-0.05, 0) is 43.3 Å². The highest BCUT2D eigenvalue weighted by atomic mass is 16.3. The second kappa shape index (κ2) is 8.27. The Labute approximate surface area is 164 Å². The molecule has 1 aromatic carbocycles. The number of carbonyl (C=O) groups is 1. The van der Waals surface area contributed by atoms with Crippen molar-refractivity contribution in [3.05, 3.63) is 77.9 Å². The third-order valence-corrected chi connectivity index (χ3v) is 4.94. The second-order valence-electron chi connectivity index (χ2n) is 7.07. The molecule has 3 aromatic rings. The van der Waals surface area contributed by atoms with Gasteiger partial charge in [0, 0.05) is 31.7 Å². The van der Waals surface area contributed by atoms with Gasteiger partial charge >= 0.3 is 0 Å². The number of pyridine rings is 1. The molecule has 0 aliphatic carbocycles. The molecular formula is C22H24N4O2. The number of nitrogens with zero attached hydrogens (tertiary/aromatic N) is 3. The molecule has 0 radical (unpaired) electrons. The van der Waals surface area contributed by atoms with Crippen LogP contribution in [0.4, 0.5) is 11.5 Å². The molecule has 1 amide bonds. The zero-order valence-corrected chi connectivity index (χ0v) is 16.0. The first kappa shape index (κ1) is 18.3. The van der Waals surface area contributed by atoms with E-state index >= 15 is 0 Å². The standard InChI is InChI=1S/C22H24N4O2/c1-17-4-2-5-18(14-17)22(27)24-19-7-8-21(23-15-19)26-11-9-25(10-12-26)16-20-6-3-13-28-20/h2-8,13-15H,9-12,16H2,1H3,(H,24,27). The van der Waals surface area contributed by atoms with Crippen LogP contribution < -0.4 is 10.2 Å². The molecule has 0 spiro atoms. The molecule has 6 nitrogen and oxygen atoms in total. The van der Waals surface area contributed by atoms with E-state index in [-0.39, 0.29) is 5.91 Å². The van der Waals surface area contributed by atoms with E-state index in [2.05, 4.69) is 20.1 Å². The van der Waals surface area contributed by atoms with Crippen LogP contribution in [-0.2, 0) is 6.54 Å². The van der Waals surface area contributed by atoms with E-state index in [0.29, 0.717) is 11.3 Å². The van der Waals surface area contributed by atoms with Gasteiger partial charge in [-0.25, -0.2) is 4.98 Å². The predicted molar refractivity (Wildman–Crippen MR) is 110 cm³/mol. The van der Waals surface area contributed by atoms with Crippen molar-refractivity contribution < 1.29 is 9.21 Å². The maximum Gasteiger partial charge on any atom is 0.255 e. The summed E-state index contributed by atoms with van der Waals surface area (Å²) in [5.41, 5.74) is 2.41. The fourth-order valence-corrected chi connectivity index (χ4v) is 3.39. The molecule has 28 heavy (non-hydrogen) atoms. The summed E-state index contributed by atoms with van der Waals surface area (Å²) in [5.74, 6) is 1.82. The van der Waals surface area contributed by atoms with Crippen LogP contribution in [0.5, 0.6) is 0 Å². The summed E-state index contributed by atoms with van der Waals surface area (Å²) in [6.45, 7) is 6.59. The van der Waals surface area contributed by atoms with Crippen molar-refractivity contribution in [1.82, 2.24) is 9.88 Å². The average Bonchev–Trinajstić information content (AvgIpc) is 3.22. The molecule has 0 unspecified atom stereocenters. The Morgan fingerprint density at radius 3 is 2.64 bits per heavy atom. The van der Waals surface area contributed by atoms with Crippen LogP contribution in [0.1, 0.15) is 21.7 Å². The van der Waals surface area contributed by atoms with Crippen LogP contribution in [0.3, 0.4) is 0 Å². The number of hydrogen-bond acceptors (Lipinski definition) is 5. The van der Waals surface area contributed by atoms with E-state index in [0.717, 1.165) is 49.9 Å². The number of anilines is 2. The van der Waals surface area contributed by atoms with Crippen LogP contribution in [0.2, 0.25) is 0 Å². The maximum absolute atomic E-state index is 12.4. The number of piperazine rings is 1. The Balaban J connectivity index is 1.32. The predicted octanol–water partition coefficient (Wildman–Crippen LogP) is 3.56. The number of nitrogens with one attached hydrogen (secondary N) is 1. The number of hydrogen-bond donors (Lipinski definition) is 1. The van der Waals surface area contributed by atoms with Gasteiger partial charge in [0.05, 0.1) is 24.7 Å². The minimum Gasteiger partial charge on any atom is -0.468 e. The molecular weight excluding hydrogens is 352 g/mol. The molecule has 0 saturated carbocycles. The van der Waals surface area contributed by atoms with Gasteiger partial charge in [0.15, 0.2) is 0 Å². The summed E-state index contributed by atoms with van der Waals surface area (Å²) >= 11 is 0. The zero-order valence-electron chi connectivity index (χ0n) is 16.0. The lowest BCUT2D eigenvalue weighted by atomic mass is 10.1. The summed E-state index contributed by atoms with van der Waals surface area (Å²) in [4.78, 5) is 21.5. The van der Waals surface area contributed by atoms with Gasteiger partial charge in [-0.15, -0.1) is 0 Å². The Bertz CT molecular complexity index is 914. The van der Waals surface area contributed by atoms with E-state index in [1.807, 2.05) is 55.5 Å². The monoisotopic (exact) mass is 376 g/mol. The molecule has 1 aliphatic heterocycles. The highest BCUT2D eigenvalue weighted by Crippen LogP contribution is 2.18. The highest BCUT2D eigenvalue weighted by molar-refractivity contribution is 6.04. The molecule has 1 fully saturated rings. The van der Waals surface area contributed by atoms with Crippen LogP contribution in [0.15, 0.2) is 65.4 Å². The maximum atomic E-state index is 12.4. The van der Waals surface area contributed by atoms with Crippen LogP contribution >= 0.6 is 0 Å². The molecule has 4 rings (SSSR count). The number of aromatic nitrogens is 1. The number of furan rings is 1. The number of amides is 1. The van der Waals surface area contributed by atoms with E-state index < -0.39 is 0 Å². The third-order valence-electron chi connectivity index (χ3n) is 4.94. The normalized spacial score (nSPS) is 14.8. The van der Waals surface area contributed by atoms with Crippen molar-refractivity contribution in [3.63, 3.8) is 0 Å². The van der Waals surface area contributed by atoms with Crippen molar-refractivity contribution in [1.29, 1.82) is 0 Å². The third kappa shape index (κ3) is 4.40. The van der Waals surface area contributed by atoms with E-state index in [1.165, 1.54) is 0 Å². The van der Waals surface area contributed by atoms with E-state index in [9.17, 15) is 4.79 Å². The molecule has 3 heterocycles. The number of carbonyl (C=O) groups excluding carboxylic acids is 1. The smallest absolute Gasteiger partial charge is 0.255 e. The molecule has 1 N–H and O–H groups in total. The lowest BCUT2D eigenvalue weighted by molar-refractivity contribution is 0.102. The van der Waals surface area contributed by atoms with Gasteiger partial charge in [0.2, 0.25) is 0 Å². The Morgan fingerprint density at radius 2 is 1.96 bits per heavy atom. The van der Waals surface area contributed by atoms with Gasteiger partial charge in [0.1, 0.15) is 11.6 Å². The first-order valence-electron chi connectivity index (χ1n) is 9.51.